The first-order chi connectivity index (χ1) is 6.79. The monoisotopic (exact) mass is 194 g/mol. The summed E-state index contributed by atoms with van der Waals surface area (Å²) in [6.07, 6.45) is 0.991. The molecule has 1 unspecified atom stereocenters. The molecule has 2 heteroatoms. The standard InChI is InChI=1S/C10H12O2.C2H6/c1-7-5-6-12-9-4-2-3-8(11)10(7)9;1-2/h2-4,7,11H,5-6H2,1H3;1-2H3. The van der Waals surface area contributed by atoms with Crippen LogP contribution in [0.25, 0.3) is 0 Å². The van der Waals surface area contributed by atoms with E-state index in [4.69, 9.17) is 4.74 Å². The molecule has 1 aliphatic rings. The van der Waals surface area contributed by atoms with Gasteiger partial charge in [0.15, 0.2) is 0 Å². The minimum absolute atomic E-state index is 0.361. The van der Waals surface area contributed by atoms with Gasteiger partial charge in [-0.05, 0) is 24.5 Å². The number of phenolic OH excluding ortho intramolecular Hbond substituents is 1. The zero-order valence-corrected chi connectivity index (χ0v) is 9.08. The number of hydrogen-bond acceptors (Lipinski definition) is 2. The average Bonchev–Trinajstić information content (AvgIpc) is 2.21. The van der Waals surface area contributed by atoms with Crippen molar-refractivity contribution >= 4 is 0 Å². The van der Waals surface area contributed by atoms with Crippen molar-refractivity contribution in [3.8, 4) is 11.5 Å². The molecule has 2 nitrogen and oxygen atoms in total. The lowest BCUT2D eigenvalue weighted by Gasteiger charge is -2.23. The molecule has 1 atom stereocenters. The zero-order valence-electron chi connectivity index (χ0n) is 9.08. The van der Waals surface area contributed by atoms with Crippen LogP contribution in [-0.4, -0.2) is 11.7 Å². The lowest BCUT2D eigenvalue weighted by Crippen LogP contribution is -2.11. The predicted octanol–water partition coefficient (Wildman–Crippen LogP) is 3.30. The molecule has 0 aliphatic carbocycles. The normalized spacial score (nSPS) is 18.6. The third-order valence-corrected chi connectivity index (χ3v) is 2.34. The number of benzene rings is 1. The molecule has 0 amide bonds. The highest BCUT2D eigenvalue weighted by molar-refractivity contribution is 5.47. The molecule has 0 saturated heterocycles. The summed E-state index contributed by atoms with van der Waals surface area (Å²) >= 11 is 0. The van der Waals surface area contributed by atoms with Crippen molar-refractivity contribution in [2.75, 3.05) is 6.61 Å². The van der Waals surface area contributed by atoms with E-state index >= 15 is 0 Å². The van der Waals surface area contributed by atoms with Gasteiger partial charge < -0.3 is 9.84 Å². The molecule has 0 radical (unpaired) electrons. The van der Waals surface area contributed by atoms with Crippen molar-refractivity contribution in [1.82, 2.24) is 0 Å². The second kappa shape index (κ2) is 4.89. The van der Waals surface area contributed by atoms with Gasteiger partial charge in [-0.15, -0.1) is 0 Å². The predicted molar refractivity (Wildman–Crippen MR) is 58.0 cm³/mol. The minimum atomic E-state index is 0.361. The number of rotatable bonds is 0. The molecule has 1 aliphatic heterocycles. The van der Waals surface area contributed by atoms with Gasteiger partial charge in [0.1, 0.15) is 11.5 Å². The Morgan fingerprint density at radius 1 is 1.36 bits per heavy atom. The first-order valence-electron chi connectivity index (χ1n) is 5.23. The summed E-state index contributed by atoms with van der Waals surface area (Å²) in [6.45, 7) is 6.87. The highest BCUT2D eigenvalue weighted by Gasteiger charge is 2.20. The largest absolute Gasteiger partial charge is 0.508 e. The van der Waals surface area contributed by atoms with Crippen LogP contribution < -0.4 is 4.74 Å². The van der Waals surface area contributed by atoms with Crippen molar-refractivity contribution < 1.29 is 9.84 Å². The van der Waals surface area contributed by atoms with Gasteiger partial charge in [-0.2, -0.15) is 0 Å². The van der Waals surface area contributed by atoms with E-state index in [1.54, 1.807) is 6.07 Å². The maximum atomic E-state index is 9.55. The first-order valence-corrected chi connectivity index (χ1v) is 5.23. The summed E-state index contributed by atoms with van der Waals surface area (Å²) < 4.78 is 5.41. The van der Waals surface area contributed by atoms with Gasteiger partial charge in [-0.25, -0.2) is 0 Å². The van der Waals surface area contributed by atoms with Gasteiger partial charge in [0.05, 0.1) is 6.61 Å². The maximum Gasteiger partial charge on any atom is 0.126 e. The Kier molecular flexibility index (Phi) is 3.81. The molecule has 0 spiro atoms. The fraction of sp³-hybridized carbons (Fsp3) is 0.500. The van der Waals surface area contributed by atoms with E-state index in [0.29, 0.717) is 11.7 Å². The molecule has 14 heavy (non-hydrogen) atoms. The Morgan fingerprint density at radius 3 is 2.71 bits per heavy atom. The molecule has 0 bridgehead atoms. The third-order valence-electron chi connectivity index (χ3n) is 2.34. The van der Waals surface area contributed by atoms with Gasteiger partial charge >= 0.3 is 0 Å². The molecule has 0 saturated carbocycles. The zero-order chi connectivity index (χ0) is 10.6. The number of fused-ring (bicyclic) bond motifs is 1. The van der Waals surface area contributed by atoms with E-state index < -0.39 is 0 Å². The van der Waals surface area contributed by atoms with Gasteiger partial charge in [-0.1, -0.05) is 26.8 Å². The summed E-state index contributed by atoms with van der Waals surface area (Å²) in [5.41, 5.74) is 0.962. The topological polar surface area (TPSA) is 29.5 Å². The summed E-state index contributed by atoms with van der Waals surface area (Å²) in [6, 6.07) is 5.43. The van der Waals surface area contributed by atoms with Crippen molar-refractivity contribution in [1.29, 1.82) is 0 Å². The van der Waals surface area contributed by atoms with Crippen LogP contribution in [0.2, 0.25) is 0 Å². The fourth-order valence-electron chi connectivity index (χ4n) is 1.64. The molecular weight excluding hydrogens is 176 g/mol. The van der Waals surface area contributed by atoms with E-state index in [9.17, 15) is 5.11 Å². The van der Waals surface area contributed by atoms with Gasteiger partial charge in [0, 0.05) is 5.56 Å². The van der Waals surface area contributed by atoms with Gasteiger partial charge in [0.25, 0.3) is 0 Å². The van der Waals surface area contributed by atoms with Gasteiger partial charge in [0.2, 0.25) is 0 Å². The summed E-state index contributed by atoms with van der Waals surface area (Å²) in [5.74, 6) is 1.61. The van der Waals surface area contributed by atoms with E-state index in [1.165, 1.54) is 0 Å². The molecule has 1 aromatic rings. The molecule has 0 aromatic heterocycles. The maximum absolute atomic E-state index is 9.55. The van der Waals surface area contributed by atoms with E-state index in [1.807, 2.05) is 26.0 Å². The van der Waals surface area contributed by atoms with Crippen LogP contribution in [0.1, 0.15) is 38.7 Å². The number of aromatic hydroxyl groups is 1. The van der Waals surface area contributed by atoms with Crippen LogP contribution in [0, 0.1) is 0 Å². The quantitative estimate of drug-likeness (QED) is 0.686. The number of hydrogen-bond donors (Lipinski definition) is 1. The molecule has 78 valence electrons. The number of phenols is 1. The Hall–Kier alpha value is -1.18. The Balaban J connectivity index is 0.000000461. The SMILES string of the molecule is CC.CC1CCOc2cccc(O)c21. The molecular formula is C12H18O2. The lowest BCUT2D eigenvalue weighted by atomic mass is 9.94. The summed E-state index contributed by atoms with van der Waals surface area (Å²) in [5, 5.41) is 9.55. The Morgan fingerprint density at radius 2 is 2.07 bits per heavy atom. The van der Waals surface area contributed by atoms with Crippen LogP contribution in [0.5, 0.6) is 11.5 Å². The smallest absolute Gasteiger partial charge is 0.126 e. The van der Waals surface area contributed by atoms with Crippen LogP contribution >= 0.6 is 0 Å². The highest BCUT2D eigenvalue weighted by Crippen LogP contribution is 2.38. The summed E-state index contributed by atoms with van der Waals surface area (Å²) in [7, 11) is 0. The van der Waals surface area contributed by atoms with Crippen molar-refractivity contribution in [2.24, 2.45) is 0 Å². The van der Waals surface area contributed by atoms with Crippen molar-refractivity contribution in [3.05, 3.63) is 23.8 Å². The average molecular weight is 194 g/mol. The van der Waals surface area contributed by atoms with E-state index in [-0.39, 0.29) is 0 Å². The molecule has 0 fully saturated rings. The molecule has 1 N–H and O–H groups in total. The first kappa shape index (κ1) is 10.9. The molecule has 2 rings (SSSR count). The molecule has 1 aromatic carbocycles. The summed E-state index contributed by atoms with van der Waals surface area (Å²) in [4.78, 5) is 0. The van der Waals surface area contributed by atoms with Crippen molar-refractivity contribution in [3.63, 3.8) is 0 Å². The van der Waals surface area contributed by atoms with Crippen molar-refractivity contribution in [2.45, 2.75) is 33.1 Å². The van der Waals surface area contributed by atoms with Gasteiger partial charge in [-0.3, -0.25) is 0 Å². The number of ether oxygens (including phenoxy) is 1. The lowest BCUT2D eigenvalue weighted by molar-refractivity contribution is 0.267. The van der Waals surface area contributed by atoms with E-state index in [2.05, 4.69) is 6.92 Å². The Bertz CT molecular complexity index is 294. The second-order valence-electron chi connectivity index (χ2n) is 3.23. The van der Waals surface area contributed by atoms with Crippen LogP contribution in [0.3, 0.4) is 0 Å². The molecule has 1 heterocycles. The minimum Gasteiger partial charge on any atom is -0.508 e. The second-order valence-corrected chi connectivity index (χ2v) is 3.23. The van der Waals surface area contributed by atoms with Crippen LogP contribution in [0.15, 0.2) is 18.2 Å². The van der Waals surface area contributed by atoms with E-state index in [0.717, 1.165) is 24.3 Å². The Labute approximate surface area is 85.5 Å². The highest BCUT2D eigenvalue weighted by atomic mass is 16.5. The fourth-order valence-corrected chi connectivity index (χ4v) is 1.64. The van der Waals surface area contributed by atoms with Crippen LogP contribution in [-0.2, 0) is 0 Å². The van der Waals surface area contributed by atoms with Crippen LogP contribution in [0.4, 0.5) is 0 Å². The third kappa shape index (κ3) is 2.00.